The van der Waals surface area contributed by atoms with Crippen LogP contribution < -0.4 is 4.90 Å². The molecule has 0 aliphatic heterocycles. The molecule has 0 unspecified atom stereocenters. The summed E-state index contributed by atoms with van der Waals surface area (Å²) in [7, 11) is 1.53. The van der Waals surface area contributed by atoms with E-state index in [-0.39, 0.29) is 18.9 Å². The molecule has 1 amide bonds. The monoisotopic (exact) mass is 268 g/mol. The van der Waals surface area contributed by atoms with Gasteiger partial charge in [0.25, 0.3) is 6.43 Å². The Morgan fingerprint density at radius 2 is 2.16 bits per heavy atom. The lowest BCUT2D eigenvalue weighted by molar-refractivity contribution is -0.119. The molecule has 0 aliphatic rings. The first kappa shape index (κ1) is 15.1. The summed E-state index contributed by atoms with van der Waals surface area (Å²) in [6.45, 7) is -0.742. The second-order valence-corrected chi connectivity index (χ2v) is 3.80. The van der Waals surface area contributed by atoms with Crippen LogP contribution in [0.25, 0.3) is 0 Å². The fraction of sp³-hybridized carbons (Fsp3) is 0.385. The maximum Gasteiger partial charge on any atom is 0.261 e. The lowest BCUT2D eigenvalue weighted by Crippen LogP contribution is -2.28. The van der Waals surface area contributed by atoms with Crippen molar-refractivity contribution < 1.29 is 18.3 Å². The Morgan fingerprint density at radius 3 is 2.79 bits per heavy atom. The minimum atomic E-state index is -2.54. The summed E-state index contributed by atoms with van der Waals surface area (Å²) in [5.41, 5.74) is 0.871. The van der Waals surface area contributed by atoms with Crippen LogP contribution in [0.1, 0.15) is 12.0 Å². The predicted molar refractivity (Wildman–Crippen MR) is 66.0 cm³/mol. The van der Waals surface area contributed by atoms with Crippen molar-refractivity contribution in [2.45, 2.75) is 12.8 Å². The van der Waals surface area contributed by atoms with Crippen molar-refractivity contribution in [3.63, 3.8) is 0 Å². The molecule has 0 spiro atoms. The number of anilines is 1. The van der Waals surface area contributed by atoms with Gasteiger partial charge in [-0.15, -0.1) is 0 Å². The van der Waals surface area contributed by atoms with Gasteiger partial charge in [-0.05, 0) is 12.1 Å². The van der Waals surface area contributed by atoms with Crippen molar-refractivity contribution in [3.8, 4) is 6.07 Å². The first-order valence-corrected chi connectivity index (χ1v) is 5.68. The van der Waals surface area contributed by atoms with Crippen LogP contribution in [0.2, 0.25) is 0 Å². The van der Waals surface area contributed by atoms with Gasteiger partial charge in [0.1, 0.15) is 12.7 Å². The first-order chi connectivity index (χ1) is 9.06. The van der Waals surface area contributed by atoms with Crippen LogP contribution in [0.5, 0.6) is 0 Å². The van der Waals surface area contributed by atoms with Gasteiger partial charge >= 0.3 is 0 Å². The highest BCUT2D eigenvalue weighted by Crippen LogP contribution is 2.18. The van der Waals surface area contributed by atoms with Crippen LogP contribution in [0.15, 0.2) is 24.3 Å². The molecule has 0 aliphatic carbocycles. The average molecular weight is 268 g/mol. The number of amides is 1. The van der Waals surface area contributed by atoms with E-state index in [0.717, 1.165) is 0 Å². The zero-order valence-electron chi connectivity index (χ0n) is 10.5. The van der Waals surface area contributed by atoms with E-state index in [1.807, 2.05) is 6.07 Å². The average Bonchev–Trinajstić information content (AvgIpc) is 2.42. The SMILES string of the molecule is CN(C(=O)CCOCC(F)F)c1ccccc1C#N. The normalized spacial score (nSPS) is 10.3. The van der Waals surface area contributed by atoms with Crippen LogP contribution in [0, 0.1) is 11.3 Å². The van der Waals surface area contributed by atoms with Gasteiger partial charge in [0.05, 0.1) is 24.3 Å². The number of carbonyl (C=O) groups is 1. The third-order valence-electron chi connectivity index (χ3n) is 2.46. The van der Waals surface area contributed by atoms with Crippen molar-refractivity contribution in [1.82, 2.24) is 0 Å². The largest absolute Gasteiger partial charge is 0.375 e. The molecule has 0 bridgehead atoms. The molecule has 4 nitrogen and oxygen atoms in total. The van der Waals surface area contributed by atoms with Gasteiger partial charge in [0, 0.05) is 7.05 Å². The molecule has 19 heavy (non-hydrogen) atoms. The van der Waals surface area contributed by atoms with Crippen molar-refractivity contribution >= 4 is 11.6 Å². The third-order valence-corrected chi connectivity index (χ3v) is 2.46. The number of halogens is 2. The Balaban J connectivity index is 2.55. The molecular formula is C13H14F2N2O2. The Hall–Kier alpha value is -2.00. The standard InChI is InChI=1S/C13H14F2N2O2/c1-17(11-5-3-2-4-10(11)8-16)13(18)6-7-19-9-12(14)15/h2-5,12H,6-7,9H2,1H3. The summed E-state index contributed by atoms with van der Waals surface area (Å²) in [6.07, 6.45) is -2.55. The summed E-state index contributed by atoms with van der Waals surface area (Å²) in [5, 5.41) is 8.93. The molecular weight excluding hydrogens is 254 g/mol. The summed E-state index contributed by atoms with van der Waals surface area (Å²) in [5.74, 6) is -0.294. The van der Waals surface area contributed by atoms with E-state index in [1.165, 1.54) is 11.9 Å². The van der Waals surface area contributed by atoms with Crippen molar-refractivity contribution in [1.29, 1.82) is 5.26 Å². The van der Waals surface area contributed by atoms with Crippen LogP contribution in [-0.4, -0.2) is 32.6 Å². The molecule has 0 atom stereocenters. The Kier molecular flexibility index (Phi) is 5.90. The Bertz CT molecular complexity index is 472. The number of hydrogen-bond donors (Lipinski definition) is 0. The maximum atomic E-state index is 11.8. The van der Waals surface area contributed by atoms with Crippen LogP contribution in [0.4, 0.5) is 14.5 Å². The molecule has 0 heterocycles. The van der Waals surface area contributed by atoms with Crippen molar-refractivity contribution in [2.75, 3.05) is 25.2 Å². The minimum Gasteiger partial charge on any atom is -0.375 e. The number of carbonyl (C=O) groups excluding carboxylic acids is 1. The van der Waals surface area contributed by atoms with Crippen LogP contribution >= 0.6 is 0 Å². The zero-order chi connectivity index (χ0) is 14.3. The van der Waals surface area contributed by atoms with Crippen molar-refractivity contribution in [2.24, 2.45) is 0 Å². The van der Waals surface area contributed by atoms with E-state index in [9.17, 15) is 13.6 Å². The topological polar surface area (TPSA) is 53.3 Å². The summed E-state index contributed by atoms with van der Waals surface area (Å²) in [6, 6.07) is 8.66. The van der Waals surface area contributed by atoms with Gasteiger partial charge in [0.15, 0.2) is 0 Å². The van der Waals surface area contributed by atoms with E-state index in [0.29, 0.717) is 11.3 Å². The smallest absolute Gasteiger partial charge is 0.261 e. The van der Waals surface area contributed by atoms with E-state index in [2.05, 4.69) is 4.74 Å². The van der Waals surface area contributed by atoms with Gasteiger partial charge in [0.2, 0.25) is 5.91 Å². The highest BCUT2D eigenvalue weighted by atomic mass is 19.3. The highest BCUT2D eigenvalue weighted by molar-refractivity contribution is 5.94. The molecule has 0 saturated carbocycles. The highest BCUT2D eigenvalue weighted by Gasteiger charge is 2.14. The van der Waals surface area contributed by atoms with E-state index in [1.54, 1.807) is 24.3 Å². The molecule has 0 fully saturated rings. The predicted octanol–water partition coefficient (Wildman–Crippen LogP) is 2.19. The molecule has 6 heteroatoms. The van der Waals surface area contributed by atoms with Gasteiger partial charge < -0.3 is 9.64 Å². The molecule has 0 aromatic heterocycles. The van der Waals surface area contributed by atoms with Gasteiger partial charge in [-0.1, -0.05) is 12.1 Å². The van der Waals surface area contributed by atoms with Gasteiger partial charge in [-0.25, -0.2) is 8.78 Å². The molecule has 1 aromatic rings. The number of alkyl halides is 2. The lowest BCUT2D eigenvalue weighted by Gasteiger charge is -2.18. The van der Waals surface area contributed by atoms with Crippen molar-refractivity contribution in [3.05, 3.63) is 29.8 Å². The second-order valence-electron chi connectivity index (χ2n) is 3.80. The van der Waals surface area contributed by atoms with Gasteiger partial charge in [-0.2, -0.15) is 5.26 Å². The Labute approximate surface area is 110 Å². The summed E-state index contributed by atoms with van der Waals surface area (Å²) >= 11 is 0. The number of rotatable bonds is 6. The molecule has 1 aromatic carbocycles. The molecule has 102 valence electrons. The summed E-state index contributed by atoms with van der Waals surface area (Å²) < 4.78 is 28.3. The fourth-order valence-electron chi connectivity index (χ4n) is 1.49. The molecule has 1 rings (SSSR count). The number of hydrogen-bond acceptors (Lipinski definition) is 3. The number of nitrogens with zero attached hydrogens (tertiary/aromatic N) is 2. The third kappa shape index (κ3) is 4.64. The first-order valence-electron chi connectivity index (χ1n) is 5.68. The van der Waals surface area contributed by atoms with E-state index in [4.69, 9.17) is 5.26 Å². The van der Waals surface area contributed by atoms with Crippen LogP contribution in [-0.2, 0) is 9.53 Å². The van der Waals surface area contributed by atoms with Crippen LogP contribution in [0.3, 0.4) is 0 Å². The number of benzene rings is 1. The number of nitriles is 1. The van der Waals surface area contributed by atoms with E-state index < -0.39 is 13.0 Å². The maximum absolute atomic E-state index is 11.8. The lowest BCUT2D eigenvalue weighted by atomic mass is 10.2. The minimum absolute atomic E-state index is 0.0109. The number of para-hydroxylation sites is 1. The molecule has 0 saturated heterocycles. The van der Waals surface area contributed by atoms with E-state index >= 15 is 0 Å². The summed E-state index contributed by atoms with van der Waals surface area (Å²) in [4.78, 5) is 13.1. The fourth-order valence-corrected chi connectivity index (χ4v) is 1.49. The Morgan fingerprint density at radius 1 is 1.47 bits per heavy atom. The quantitative estimate of drug-likeness (QED) is 0.743. The molecule has 0 radical (unpaired) electrons. The zero-order valence-corrected chi connectivity index (χ0v) is 10.5. The second kappa shape index (κ2) is 7.44. The molecule has 0 N–H and O–H groups in total. The number of ether oxygens (including phenoxy) is 1. The van der Waals surface area contributed by atoms with Gasteiger partial charge in [-0.3, -0.25) is 4.79 Å².